The van der Waals surface area contributed by atoms with Gasteiger partial charge in [-0.25, -0.2) is 5.43 Å². The normalized spacial score (nSPS) is 12.0. The van der Waals surface area contributed by atoms with Crippen molar-refractivity contribution in [2.45, 2.75) is 46.5 Å². The molecule has 0 unspecified atom stereocenters. The summed E-state index contributed by atoms with van der Waals surface area (Å²) in [6, 6.07) is 17.3. The fourth-order valence-corrected chi connectivity index (χ4v) is 4.19. The highest BCUT2D eigenvalue weighted by molar-refractivity contribution is 5.82. The Morgan fingerprint density at radius 3 is 2.40 bits per heavy atom. The van der Waals surface area contributed by atoms with E-state index in [1.165, 1.54) is 17.8 Å². The number of ether oxygens (including phenoxy) is 1. The van der Waals surface area contributed by atoms with Gasteiger partial charge in [0.25, 0.3) is 11.6 Å². The number of nitrogens with zero attached hydrogens (tertiary/aromatic N) is 2. The van der Waals surface area contributed by atoms with E-state index in [4.69, 9.17) is 9.15 Å². The van der Waals surface area contributed by atoms with Gasteiger partial charge in [-0.2, -0.15) is 5.10 Å². The second-order valence-corrected chi connectivity index (χ2v) is 10.2. The topological polar surface area (TPSA) is 107 Å². The summed E-state index contributed by atoms with van der Waals surface area (Å²) in [7, 11) is 0. The van der Waals surface area contributed by atoms with Crippen LogP contribution in [0.5, 0.6) is 5.75 Å². The average molecular weight is 478 g/mol. The van der Waals surface area contributed by atoms with Gasteiger partial charge in [0.1, 0.15) is 17.3 Å². The van der Waals surface area contributed by atoms with Crippen molar-refractivity contribution in [1.82, 2.24) is 5.43 Å². The Balaban J connectivity index is 1.52. The van der Waals surface area contributed by atoms with Gasteiger partial charge in [0.2, 0.25) is 0 Å². The fourth-order valence-electron chi connectivity index (χ4n) is 4.19. The Morgan fingerprint density at radius 2 is 1.74 bits per heavy atom. The Kier molecular flexibility index (Phi) is 7.74. The minimum absolute atomic E-state index is 0.0278. The molecule has 1 amide bonds. The minimum atomic E-state index is -0.466. The van der Waals surface area contributed by atoms with E-state index in [1.807, 2.05) is 24.3 Å². The quantitative estimate of drug-likeness (QED) is 0.228. The SMILES string of the molecule is CC(C)(C)CC(C)(C)c1ccc(OCC(=O)N/N=C\c2ccc(-c3ccccc3[N+](=O)[O-])o2)cc1. The van der Waals surface area contributed by atoms with Crippen LogP contribution in [-0.4, -0.2) is 23.7 Å². The summed E-state index contributed by atoms with van der Waals surface area (Å²) in [4.78, 5) is 22.8. The highest BCUT2D eigenvalue weighted by Gasteiger charge is 2.27. The summed E-state index contributed by atoms with van der Waals surface area (Å²) in [6.07, 6.45) is 2.36. The first-order chi connectivity index (χ1) is 16.4. The van der Waals surface area contributed by atoms with E-state index in [0.29, 0.717) is 22.8 Å². The van der Waals surface area contributed by atoms with Gasteiger partial charge in [-0.15, -0.1) is 0 Å². The van der Waals surface area contributed by atoms with E-state index in [1.54, 1.807) is 30.3 Å². The lowest BCUT2D eigenvalue weighted by molar-refractivity contribution is -0.384. The number of hydrogen-bond acceptors (Lipinski definition) is 6. The summed E-state index contributed by atoms with van der Waals surface area (Å²) in [5.74, 6) is 0.846. The predicted octanol–water partition coefficient (Wildman–Crippen LogP) is 6.10. The molecule has 0 radical (unpaired) electrons. The number of rotatable bonds is 9. The first-order valence-electron chi connectivity index (χ1n) is 11.3. The van der Waals surface area contributed by atoms with Crippen molar-refractivity contribution in [3.8, 4) is 17.1 Å². The van der Waals surface area contributed by atoms with Crippen LogP contribution in [0.4, 0.5) is 5.69 Å². The molecule has 0 bridgehead atoms. The number of carbonyl (C=O) groups excluding carboxylic acids is 1. The van der Waals surface area contributed by atoms with Crippen molar-refractivity contribution in [2.75, 3.05) is 6.61 Å². The molecule has 8 nitrogen and oxygen atoms in total. The molecule has 0 aliphatic carbocycles. The minimum Gasteiger partial charge on any atom is -0.484 e. The molecule has 0 fully saturated rings. The molecule has 0 spiro atoms. The molecule has 2 aromatic carbocycles. The van der Waals surface area contributed by atoms with E-state index < -0.39 is 10.8 Å². The second-order valence-electron chi connectivity index (χ2n) is 10.2. The molecule has 8 heteroatoms. The number of amides is 1. The third kappa shape index (κ3) is 7.27. The maximum Gasteiger partial charge on any atom is 0.280 e. The molecule has 3 aromatic rings. The second kappa shape index (κ2) is 10.5. The van der Waals surface area contributed by atoms with Gasteiger partial charge in [0, 0.05) is 6.07 Å². The third-order valence-electron chi connectivity index (χ3n) is 5.35. The van der Waals surface area contributed by atoms with Gasteiger partial charge in [-0.3, -0.25) is 14.9 Å². The lowest BCUT2D eigenvalue weighted by Crippen LogP contribution is -2.25. The maximum atomic E-state index is 12.1. The van der Waals surface area contributed by atoms with Crippen LogP contribution in [0.25, 0.3) is 11.3 Å². The van der Waals surface area contributed by atoms with Crippen LogP contribution in [0.2, 0.25) is 0 Å². The molecule has 1 heterocycles. The van der Waals surface area contributed by atoms with Crippen LogP contribution in [0.15, 0.2) is 70.2 Å². The lowest BCUT2D eigenvalue weighted by Gasteiger charge is -2.33. The summed E-state index contributed by atoms with van der Waals surface area (Å²) in [6.45, 7) is 10.9. The number of nitrogens with one attached hydrogen (secondary N) is 1. The monoisotopic (exact) mass is 477 g/mol. The van der Waals surface area contributed by atoms with Gasteiger partial charge in [-0.05, 0) is 53.1 Å². The first-order valence-corrected chi connectivity index (χ1v) is 11.3. The highest BCUT2D eigenvalue weighted by Crippen LogP contribution is 2.36. The molecular weight excluding hydrogens is 446 g/mol. The van der Waals surface area contributed by atoms with E-state index in [-0.39, 0.29) is 23.1 Å². The summed E-state index contributed by atoms with van der Waals surface area (Å²) < 4.78 is 11.2. The number of benzene rings is 2. The van der Waals surface area contributed by atoms with E-state index in [2.05, 4.69) is 45.1 Å². The molecule has 35 heavy (non-hydrogen) atoms. The summed E-state index contributed by atoms with van der Waals surface area (Å²) >= 11 is 0. The molecule has 0 saturated heterocycles. The number of carbonyl (C=O) groups is 1. The zero-order valence-corrected chi connectivity index (χ0v) is 20.7. The largest absolute Gasteiger partial charge is 0.484 e. The maximum absolute atomic E-state index is 12.1. The standard InChI is InChI=1S/C27H31N3O5/c1-26(2,3)18-27(4,5)19-10-12-20(13-11-19)34-17-25(31)29-28-16-21-14-15-24(35-21)22-8-6-7-9-23(22)30(32)33/h6-16H,17-18H2,1-5H3,(H,29,31)/b28-16-. The Hall–Kier alpha value is -3.94. The van der Waals surface area contributed by atoms with Crippen molar-refractivity contribution in [2.24, 2.45) is 10.5 Å². The number of furan rings is 1. The molecular formula is C27H31N3O5. The molecule has 0 aliphatic rings. The van der Waals surface area contributed by atoms with E-state index in [0.717, 1.165) is 6.42 Å². The zero-order valence-electron chi connectivity index (χ0n) is 20.7. The van der Waals surface area contributed by atoms with Crippen LogP contribution in [0.3, 0.4) is 0 Å². The van der Waals surface area contributed by atoms with Gasteiger partial charge in [0.05, 0.1) is 16.7 Å². The van der Waals surface area contributed by atoms with Crippen LogP contribution < -0.4 is 10.2 Å². The smallest absolute Gasteiger partial charge is 0.280 e. The van der Waals surface area contributed by atoms with Gasteiger partial charge in [0.15, 0.2) is 6.61 Å². The van der Waals surface area contributed by atoms with E-state index >= 15 is 0 Å². The van der Waals surface area contributed by atoms with Crippen LogP contribution in [0.1, 0.15) is 52.4 Å². The predicted molar refractivity (Wildman–Crippen MR) is 136 cm³/mol. The van der Waals surface area contributed by atoms with Gasteiger partial charge >= 0.3 is 0 Å². The first kappa shape index (κ1) is 25.7. The van der Waals surface area contributed by atoms with Crippen molar-refractivity contribution >= 4 is 17.8 Å². The Labute approximate surface area is 205 Å². The molecule has 0 saturated carbocycles. The lowest BCUT2D eigenvalue weighted by atomic mass is 9.72. The van der Waals surface area contributed by atoms with Crippen molar-refractivity contribution in [1.29, 1.82) is 0 Å². The molecule has 1 aromatic heterocycles. The summed E-state index contributed by atoms with van der Waals surface area (Å²) in [5.41, 5.74) is 4.15. The van der Waals surface area contributed by atoms with Crippen molar-refractivity contribution in [3.63, 3.8) is 0 Å². The Bertz CT molecular complexity index is 1200. The van der Waals surface area contributed by atoms with Gasteiger partial charge in [-0.1, -0.05) is 58.9 Å². The summed E-state index contributed by atoms with van der Waals surface area (Å²) in [5, 5.41) is 15.1. The average Bonchev–Trinajstić information content (AvgIpc) is 3.25. The highest BCUT2D eigenvalue weighted by atomic mass is 16.6. The van der Waals surface area contributed by atoms with E-state index in [9.17, 15) is 14.9 Å². The molecule has 184 valence electrons. The molecule has 0 atom stereocenters. The molecule has 0 aliphatic heterocycles. The zero-order chi connectivity index (χ0) is 25.6. The van der Waals surface area contributed by atoms with Crippen LogP contribution in [-0.2, 0) is 10.2 Å². The number of nitro groups is 1. The van der Waals surface area contributed by atoms with Crippen molar-refractivity contribution < 1.29 is 18.9 Å². The number of nitro benzene ring substituents is 1. The number of hydrogen-bond donors (Lipinski definition) is 1. The molecule has 1 N–H and O–H groups in total. The number of hydrazone groups is 1. The fraction of sp³-hybridized carbons (Fsp3) is 0.333. The Morgan fingerprint density at radius 1 is 1.06 bits per heavy atom. The van der Waals surface area contributed by atoms with Gasteiger partial charge < -0.3 is 9.15 Å². The molecule has 3 rings (SSSR count). The number of para-hydroxylation sites is 1. The van der Waals surface area contributed by atoms with Crippen LogP contribution in [0, 0.1) is 15.5 Å². The van der Waals surface area contributed by atoms with Crippen molar-refractivity contribution in [3.05, 3.63) is 82.1 Å². The third-order valence-corrected chi connectivity index (χ3v) is 5.35. The van der Waals surface area contributed by atoms with Crippen LogP contribution >= 0.6 is 0 Å².